The van der Waals surface area contributed by atoms with Crippen LogP contribution in [0.1, 0.15) is 16.7 Å². The highest BCUT2D eigenvalue weighted by Gasteiger charge is 2.24. The van der Waals surface area contributed by atoms with Gasteiger partial charge in [-0.05, 0) is 60.5 Å². The molecule has 2 aliphatic carbocycles. The molecular weight excluding hydrogens is 528 g/mol. The van der Waals surface area contributed by atoms with Gasteiger partial charge in [-0.3, -0.25) is 0 Å². The number of fused-ring (bicyclic) bond motifs is 3. The summed E-state index contributed by atoms with van der Waals surface area (Å²) in [5.74, 6) is 0.696. The minimum absolute atomic E-state index is 0.318. The molecule has 0 bridgehead atoms. The van der Waals surface area contributed by atoms with Gasteiger partial charge in [-0.15, -0.1) is 0 Å². The Hall–Kier alpha value is -5.46. The maximum atomic E-state index is 4.46. The van der Waals surface area contributed by atoms with E-state index in [0.29, 0.717) is 11.8 Å². The molecule has 2 aliphatic rings. The fourth-order valence-electron chi connectivity index (χ4n) is 6.50. The topological polar surface area (TPSA) is 0 Å². The first-order chi connectivity index (χ1) is 21.8. The van der Waals surface area contributed by atoms with Crippen LogP contribution in [0, 0.1) is 11.8 Å². The SMILES string of the molecule is C=C(/C=C\c1ccccc1)c1ccc(-c2ccccccc(C3=CC=CC4C=CC=CC34)c3ccccc23)c2ccccc12. The molecule has 0 amide bonds. The van der Waals surface area contributed by atoms with Crippen molar-refractivity contribution in [3.63, 3.8) is 0 Å². The van der Waals surface area contributed by atoms with E-state index in [4.69, 9.17) is 0 Å². The van der Waals surface area contributed by atoms with Crippen molar-refractivity contribution in [1.82, 2.24) is 0 Å². The monoisotopic (exact) mass is 562 g/mol. The van der Waals surface area contributed by atoms with Crippen LogP contribution in [0.25, 0.3) is 49.9 Å². The molecule has 5 aromatic rings. The van der Waals surface area contributed by atoms with Gasteiger partial charge in [0.05, 0.1) is 0 Å². The first kappa shape index (κ1) is 27.4. The quantitative estimate of drug-likeness (QED) is 0.187. The molecular formula is C44H34. The van der Waals surface area contributed by atoms with E-state index in [2.05, 4.69) is 183 Å². The van der Waals surface area contributed by atoms with Crippen molar-refractivity contribution in [3.05, 3.63) is 199 Å². The van der Waals surface area contributed by atoms with Crippen molar-refractivity contribution in [2.75, 3.05) is 0 Å². The van der Waals surface area contributed by atoms with E-state index in [1.54, 1.807) is 0 Å². The maximum absolute atomic E-state index is 4.46. The molecule has 2 atom stereocenters. The van der Waals surface area contributed by atoms with Crippen molar-refractivity contribution in [3.8, 4) is 11.1 Å². The van der Waals surface area contributed by atoms with Gasteiger partial charge in [0.25, 0.3) is 0 Å². The van der Waals surface area contributed by atoms with E-state index in [1.165, 1.54) is 43.8 Å². The van der Waals surface area contributed by atoms with E-state index in [9.17, 15) is 0 Å². The van der Waals surface area contributed by atoms with E-state index >= 15 is 0 Å². The van der Waals surface area contributed by atoms with Gasteiger partial charge in [0, 0.05) is 11.8 Å². The first-order valence-corrected chi connectivity index (χ1v) is 15.3. The summed E-state index contributed by atoms with van der Waals surface area (Å²) < 4.78 is 0. The van der Waals surface area contributed by atoms with Crippen molar-refractivity contribution in [1.29, 1.82) is 0 Å². The highest BCUT2D eigenvalue weighted by Crippen LogP contribution is 2.41. The Bertz CT molecular complexity index is 2080. The number of hydrogen-bond acceptors (Lipinski definition) is 0. The minimum Gasteiger partial charge on any atom is -0.0911 e. The van der Waals surface area contributed by atoms with Crippen molar-refractivity contribution in [2.24, 2.45) is 11.8 Å². The zero-order chi connectivity index (χ0) is 29.7. The predicted octanol–water partition coefficient (Wildman–Crippen LogP) is 11.8. The maximum Gasteiger partial charge on any atom is 0.0125 e. The van der Waals surface area contributed by atoms with E-state index in [-0.39, 0.29) is 0 Å². The Morgan fingerprint density at radius 2 is 1.05 bits per heavy atom. The highest BCUT2D eigenvalue weighted by molar-refractivity contribution is 6.10. The summed E-state index contributed by atoms with van der Waals surface area (Å²) in [4.78, 5) is 0. The summed E-state index contributed by atoms with van der Waals surface area (Å²) in [7, 11) is 0. The molecule has 0 fully saturated rings. The molecule has 5 aromatic carbocycles. The minimum atomic E-state index is 0.318. The van der Waals surface area contributed by atoms with Gasteiger partial charge in [0.15, 0.2) is 0 Å². The van der Waals surface area contributed by atoms with Crippen LogP contribution in [0.4, 0.5) is 0 Å². The predicted molar refractivity (Wildman–Crippen MR) is 191 cm³/mol. The molecule has 210 valence electrons. The lowest BCUT2D eigenvalue weighted by Gasteiger charge is -2.27. The molecule has 0 nitrogen and oxygen atoms in total. The molecule has 0 aliphatic heterocycles. The molecule has 0 aromatic heterocycles. The van der Waals surface area contributed by atoms with Gasteiger partial charge < -0.3 is 0 Å². The molecule has 2 unspecified atom stereocenters. The fraction of sp³-hybridized carbons (Fsp3) is 0.0455. The fourth-order valence-corrected chi connectivity index (χ4v) is 6.50. The van der Waals surface area contributed by atoms with Crippen LogP contribution in [0.3, 0.4) is 0 Å². The van der Waals surface area contributed by atoms with Crippen molar-refractivity contribution < 1.29 is 0 Å². The van der Waals surface area contributed by atoms with E-state index in [1.807, 2.05) is 6.07 Å². The highest BCUT2D eigenvalue weighted by atomic mass is 14.3. The summed E-state index contributed by atoms with van der Waals surface area (Å²) >= 11 is 0. The second-order valence-corrected chi connectivity index (χ2v) is 11.3. The molecule has 0 saturated heterocycles. The summed E-state index contributed by atoms with van der Waals surface area (Å²) in [5.41, 5.74) is 8.32. The van der Waals surface area contributed by atoms with Gasteiger partial charge in [0.1, 0.15) is 0 Å². The third kappa shape index (κ3) is 5.39. The molecule has 0 heteroatoms. The van der Waals surface area contributed by atoms with Gasteiger partial charge in [0.2, 0.25) is 0 Å². The van der Waals surface area contributed by atoms with Crippen molar-refractivity contribution >= 4 is 38.8 Å². The van der Waals surface area contributed by atoms with Crippen LogP contribution in [-0.4, -0.2) is 0 Å². The average molecular weight is 563 g/mol. The number of hydrogen-bond donors (Lipinski definition) is 0. The smallest absolute Gasteiger partial charge is 0.0125 e. The second kappa shape index (κ2) is 12.4. The number of rotatable bonds is 5. The molecule has 0 radical (unpaired) electrons. The Kier molecular flexibility index (Phi) is 7.72. The third-order valence-corrected chi connectivity index (χ3v) is 8.66. The van der Waals surface area contributed by atoms with Gasteiger partial charge in [-0.25, -0.2) is 0 Å². The lowest BCUT2D eigenvalue weighted by atomic mass is 9.76. The molecule has 0 heterocycles. The first-order valence-electron chi connectivity index (χ1n) is 15.3. The van der Waals surface area contributed by atoms with Crippen molar-refractivity contribution in [2.45, 2.75) is 0 Å². The molecule has 44 heavy (non-hydrogen) atoms. The number of allylic oxidation sites excluding steroid dienone is 10. The average Bonchev–Trinajstić information content (AvgIpc) is 3.09. The van der Waals surface area contributed by atoms with E-state index < -0.39 is 0 Å². The largest absolute Gasteiger partial charge is 0.0911 e. The molecule has 0 saturated carbocycles. The Balaban J connectivity index is 1.43. The van der Waals surface area contributed by atoms with Crippen LogP contribution >= 0.6 is 0 Å². The van der Waals surface area contributed by atoms with E-state index in [0.717, 1.165) is 16.7 Å². The Morgan fingerprint density at radius 1 is 0.500 bits per heavy atom. The summed E-state index contributed by atoms with van der Waals surface area (Å²) in [5, 5.41) is 4.88. The Labute approximate surface area is 260 Å². The summed E-state index contributed by atoms with van der Waals surface area (Å²) in [6, 6.07) is 45.6. The molecule has 7 rings (SSSR count). The normalized spacial score (nSPS) is 17.0. The Morgan fingerprint density at radius 3 is 1.82 bits per heavy atom. The summed E-state index contributed by atoms with van der Waals surface area (Å²) in [6.45, 7) is 4.46. The standard InChI is InChI=1S/C44H34/c1-32(28-29-33-16-5-4-6-17-33)35-30-31-44(39-24-12-11-23-37(35)39)43-22-8-3-2-7-21-40(41-25-13-14-26-42(41)43)38-27-15-19-34-18-9-10-20-36(34)38/h2-31,34,36H,1H2/b3-2?,7-2?,8-3?,21-7?,22-8?,29-28-,40-21?,41-40?,43-22?,43-42?. The zero-order valence-electron chi connectivity index (χ0n) is 24.7. The number of benzene rings is 4. The van der Waals surface area contributed by atoms with Crippen LogP contribution in [-0.2, 0) is 0 Å². The van der Waals surface area contributed by atoms with Gasteiger partial charge >= 0.3 is 0 Å². The third-order valence-electron chi connectivity index (χ3n) is 8.66. The lowest BCUT2D eigenvalue weighted by molar-refractivity contribution is 0.678. The van der Waals surface area contributed by atoms with Crippen LogP contribution in [0.5, 0.6) is 0 Å². The van der Waals surface area contributed by atoms with Gasteiger partial charge in [-0.1, -0.05) is 189 Å². The zero-order valence-corrected chi connectivity index (χ0v) is 24.7. The second-order valence-electron chi connectivity index (χ2n) is 11.3. The summed E-state index contributed by atoms with van der Waals surface area (Å²) in [6.07, 6.45) is 20.1. The molecule has 0 N–H and O–H groups in total. The van der Waals surface area contributed by atoms with Crippen LogP contribution < -0.4 is 0 Å². The molecule has 0 spiro atoms. The lowest BCUT2D eigenvalue weighted by Crippen LogP contribution is -2.15. The van der Waals surface area contributed by atoms with Crippen LogP contribution in [0.2, 0.25) is 0 Å². The van der Waals surface area contributed by atoms with Crippen LogP contribution in [0.15, 0.2) is 183 Å². The van der Waals surface area contributed by atoms with Gasteiger partial charge in [-0.2, -0.15) is 0 Å².